The molecule has 4 heteroatoms. The van der Waals surface area contributed by atoms with Gasteiger partial charge in [-0.2, -0.15) is 0 Å². The van der Waals surface area contributed by atoms with Gasteiger partial charge in [0.2, 0.25) is 0 Å². The highest BCUT2D eigenvalue weighted by molar-refractivity contribution is 5.94. The van der Waals surface area contributed by atoms with Crippen LogP contribution in [0.2, 0.25) is 0 Å². The predicted octanol–water partition coefficient (Wildman–Crippen LogP) is 4.39. The van der Waals surface area contributed by atoms with E-state index in [0.717, 1.165) is 22.4 Å². The Morgan fingerprint density at radius 1 is 0.893 bits per heavy atom. The summed E-state index contributed by atoms with van der Waals surface area (Å²) in [6.45, 7) is 0.493. The van der Waals surface area contributed by atoms with E-state index in [1.54, 1.807) is 7.11 Å². The SMILES string of the molecule is COc1ccccc1[C@@H](CNC(=O)c1ccc(-c2ccccc2)cc1)N(C)C. The molecule has 1 atom stereocenters. The minimum absolute atomic E-state index is 0.0173. The molecule has 0 unspecified atom stereocenters. The van der Waals surface area contributed by atoms with E-state index in [1.165, 1.54) is 0 Å². The van der Waals surface area contributed by atoms with E-state index in [-0.39, 0.29) is 11.9 Å². The third-order valence-electron chi connectivity index (χ3n) is 4.83. The molecule has 0 aromatic heterocycles. The van der Waals surface area contributed by atoms with Crippen LogP contribution in [0, 0.1) is 0 Å². The van der Waals surface area contributed by atoms with E-state index in [0.29, 0.717) is 12.1 Å². The van der Waals surface area contributed by atoms with Crippen molar-refractivity contribution < 1.29 is 9.53 Å². The standard InChI is InChI=1S/C24H26N2O2/c1-26(2)22(21-11-7-8-12-23(21)28-3)17-25-24(27)20-15-13-19(14-16-20)18-9-5-4-6-10-18/h4-16,22H,17H2,1-3H3,(H,25,27)/t22-/m1/s1. The van der Waals surface area contributed by atoms with E-state index in [4.69, 9.17) is 4.74 Å². The van der Waals surface area contributed by atoms with E-state index < -0.39 is 0 Å². The van der Waals surface area contributed by atoms with Crippen LogP contribution < -0.4 is 10.1 Å². The van der Waals surface area contributed by atoms with Crippen LogP contribution in [-0.4, -0.2) is 38.6 Å². The maximum absolute atomic E-state index is 12.6. The molecule has 0 aliphatic heterocycles. The summed E-state index contributed by atoms with van der Waals surface area (Å²) in [5, 5.41) is 3.05. The largest absolute Gasteiger partial charge is 0.496 e. The van der Waals surface area contributed by atoms with Gasteiger partial charge in [-0.15, -0.1) is 0 Å². The number of hydrogen-bond donors (Lipinski definition) is 1. The van der Waals surface area contributed by atoms with Gasteiger partial charge in [0.25, 0.3) is 5.91 Å². The van der Waals surface area contributed by atoms with Crippen LogP contribution in [0.1, 0.15) is 22.0 Å². The Morgan fingerprint density at radius 2 is 1.50 bits per heavy atom. The Bertz CT molecular complexity index is 905. The number of hydrogen-bond acceptors (Lipinski definition) is 3. The summed E-state index contributed by atoms with van der Waals surface area (Å²) in [6, 6.07) is 25.7. The summed E-state index contributed by atoms with van der Waals surface area (Å²) in [5.41, 5.74) is 3.93. The van der Waals surface area contributed by atoms with Gasteiger partial charge in [-0.3, -0.25) is 4.79 Å². The zero-order chi connectivity index (χ0) is 19.9. The van der Waals surface area contributed by atoms with Crippen LogP contribution in [0.15, 0.2) is 78.9 Å². The zero-order valence-electron chi connectivity index (χ0n) is 16.6. The van der Waals surface area contributed by atoms with Crippen molar-refractivity contribution in [2.24, 2.45) is 0 Å². The predicted molar refractivity (Wildman–Crippen MR) is 114 cm³/mol. The molecule has 0 heterocycles. The Hall–Kier alpha value is -3.11. The summed E-state index contributed by atoms with van der Waals surface area (Å²) >= 11 is 0. The lowest BCUT2D eigenvalue weighted by Gasteiger charge is -2.26. The first-order chi connectivity index (χ1) is 13.6. The lowest BCUT2D eigenvalue weighted by Crippen LogP contribution is -2.34. The Morgan fingerprint density at radius 3 is 2.14 bits per heavy atom. The molecular weight excluding hydrogens is 348 g/mol. The third-order valence-corrected chi connectivity index (χ3v) is 4.83. The second-order valence-electron chi connectivity index (χ2n) is 6.87. The second-order valence-corrected chi connectivity index (χ2v) is 6.87. The first kappa shape index (κ1) is 19.6. The van der Waals surface area contributed by atoms with E-state index in [1.807, 2.05) is 80.8 Å². The van der Waals surface area contributed by atoms with Crippen molar-refractivity contribution in [3.05, 3.63) is 90.0 Å². The van der Waals surface area contributed by atoms with Crippen molar-refractivity contribution in [3.8, 4) is 16.9 Å². The van der Waals surface area contributed by atoms with Crippen molar-refractivity contribution in [1.29, 1.82) is 0 Å². The van der Waals surface area contributed by atoms with E-state index in [9.17, 15) is 4.79 Å². The number of rotatable bonds is 7. The molecule has 0 fully saturated rings. The van der Waals surface area contributed by atoms with Crippen LogP contribution in [0.25, 0.3) is 11.1 Å². The van der Waals surface area contributed by atoms with E-state index >= 15 is 0 Å². The normalized spacial score (nSPS) is 11.9. The second kappa shape index (κ2) is 9.20. The Balaban J connectivity index is 1.70. The Kier molecular flexibility index (Phi) is 6.45. The van der Waals surface area contributed by atoms with Crippen molar-refractivity contribution in [2.45, 2.75) is 6.04 Å². The topological polar surface area (TPSA) is 41.6 Å². The zero-order valence-corrected chi connectivity index (χ0v) is 16.6. The number of nitrogens with zero attached hydrogens (tertiary/aromatic N) is 1. The fraction of sp³-hybridized carbons (Fsp3) is 0.208. The molecule has 1 amide bonds. The van der Waals surface area contributed by atoms with Gasteiger partial charge in [0.1, 0.15) is 5.75 Å². The highest BCUT2D eigenvalue weighted by Gasteiger charge is 2.19. The molecule has 1 N–H and O–H groups in total. The van der Waals surface area contributed by atoms with Gasteiger partial charge in [-0.05, 0) is 43.4 Å². The minimum Gasteiger partial charge on any atom is -0.496 e. The molecule has 0 bridgehead atoms. The number of carbonyl (C=O) groups excluding carboxylic acids is 1. The quantitative estimate of drug-likeness (QED) is 0.667. The molecule has 0 saturated carbocycles. The van der Waals surface area contributed by atoms with Gasteiger partial charge in [0, 0.05) is 17.7 Å². The highest BCUT2D eigenvalue weighted by atomic mass is 16.5. The maximum Gasteiger partial charge on any atom is 0.251 e. The van der Waals surface area contributed by atoms with E-state index in [2.05, 4.69) is 22.3 Å². The summed E-state index contributed by atoms with van der Waals surface area (Å²) in [7, 11) is 5.66. The third kappa shape index (κ3) is 4.59. The molecule has 3 aromatic carbocycles. The summed E-state index contributed by atoms with van der Waals surface area (Å²) in [5.74, 6) is 0.740. The van der Waals surface area contributed by atoms with Crippen LogP contribution in [-0.2, 0) is 0 Å². The molecule has 4 nitrogen and oxygen atoms in total. The number of likely N-dealkylation sites (N-methyl/N-ethyl adjacent to an activating group) is 1. The number of benzene rings is 3. The number of ether oxygens (including phenoxy) is 1. The van der Waals surface area contributed by atoms with Crippen molar-refractivity contribution in [3.63, 3.8) is 0 Å². The molecule has 0 saturated heterocycles. The summed E-state index contributed by atoms with van der Waals surface area (Å²) < 4.78 is 5.48. The fourth-order valence-electron chi connectivity index (χ4n) is 3.25. The van der Waals surface area contributed by atoms with Gasteiger partial charge in [0.15, 0.2) is 0 Å². The molecule has 3 aromatic rings. The van der Waals surface area contributed by atoms with Gasteiger partial charge in [-0.25, -0.2) is 0 Å². The van der Waals surface area contributed by atoms with Crippen molar-refractivity contribution in [2.75, 3.05) is 27.7 Å². The lowest BCUT2D eigenvalue weighted by molar-refractivity contribution is 0.0941. The number of methoxy groups -OCH3 is 1. The first-order valence-corrected chi connectivity index (χ1v) is 9.33. The van der Waals surface area contributed by atoms with Gasteiger partial charge in [0.05, 0.1) is 13.2 Å². The molecule has 28 heavy (non-hydrogen) atoms. The maximum atomic E-state index is 12.6. The molecule has 3 rings (SSSR count). The highest BCUT2D eigenvalue weighted by Crippen LogP contribution is 2.27. The Labute approximate surface area is 166 Å². The summed E-state index contributed by atoms with van der Waals surface area (Å²) in [4.78, 5) is 14.7. The number of carbonyl (C=O) groups is 1. The molecule has 0 radical (unpaired) electrons. The molecule has 0 aliphatic carbocycles. The first-order valence-electron chi connectivity index (χ1n) is 9.33. The van der Waals surface area contributed by atoms with Crippen LogP contribution in [0.3, 0.4) is 0 Å². The minimum atomic E-state index is -0.0821. The average Bonchev–Trinajstić information content (AvgIpc) is 2.74. The van der Waals surface area contributed by atoms with Crippen molar-refractivity contribution in [1.82, 2.24) is 10.2 Å². The van der Waals surface area contributed by atoms with Crippen molar-refractivity contribution >= 4 is 5.91 Å². The number of amides is 1. The summed E-state index contributed by atoms with van der Waals surface area (Å²) in [6.07, 6.45) is 0. The van der Waals surface area contributed by atoms with Crippen LogP contribution in [0.4, 0.5) is 0 Å². The molecule has 0 spiro atoms. The molecule has 0 aliphatic rings. The van der Waals surface area contributed by atoms with Gasteiger partial charge in [-0.1, -0.05) is 60.7 Å². The van der Waals surface area contributed by atoms with Crippen LogP contribution >= 0.6 is 0 Å². The van der Waals surface area contributed by atoms with Gasteiger partial charge < -0.3 is 15.0 Å². The number of nitrogens with one attached hydrogen (secondary N) is 1. The monoisotopic (exact) mass is 374 g/mol. The lowest BCUT2D eigenvalue weighted by atomic mass is 10.0. The van der Waals surface area contributed by atoms with Crippen LogP contribution in [0.5, 0.6) is 5.75 Å². The smallest absolute Gasteiger partial charge is 0.251 e. The van der Waals surface area contributed by atoms with Gasteiger partial charge >= 0.3 is 0 Å². The molecule has 144 valence electrons. The number of para-hydroxylation sites is 1. The fourth-order valence-corrected chi connectivity index (χ4v) is 3.25. The molecular formula is C24H26N2O2. The average molecular weight is 374 g/mol.